The van der Waals surface area contributed by atoms with Crippen LogP contribution in [0, 0.1) is 0 Å². The third kappa shape index (κ3) is 5.75. The van der Waals surface area contributed by atoms with Gasteiger partial charge in [-0.2, -0.15) is 0 Å². The molecule has 1 unspecified atom stereocenters. The van der Waals surface area contributed by atoms with E-state index < -0.39 is 14.3 Å². The maximum atomic E-state index is 15.8. The maximum absolute atomic E-state index is 15.8. The molecule has 0 bridgehead atoms. The fourth-order valence-electron chi connectivity index (χ4n) is 8.18. The lowest BCUT2D eigenvalue weighted by molar-refractivity contribution is 0.582. The molecule has 0 amide bonds. The van der Waals surface area contributed by atoms with E-state index in [2.05, 4.69) is 97.1 Å². The molecular weight excluding hydrogens is 694 g/mol. The first-order valence-electron chi connectivity index (χ1n) is 18.4. The highest BCUT2D eigenvalue weighted by molar-refractivity contribution is 7.85. The molecule has 0 radical (unpaired) electrons. The minimum absolute atomic E-state index is 0.149. The summed E-state index contributed by atoms with van der Waals surface area (Å²) in [5, 5.41) is 8.26. The average molecular weight is 733 g/mol. The summed E-state index contributed by atoms with van der Waals surface area (Å²) in [4.78, 5) is 0. The summed E-state index contributed by atoms with van der Waals surface area (Å²) in [6.45, 7) is 0. The Morgan fingerprint density at radius 2 is 0.815 bits per heavy atom. The summed E-state index contributed by atoms with van der Waals surface area (Å²) in [6, 6.07) is 63.6. The Morgan fingerprint density at radius 3 is 1.28 bits per heavy atom. The predicted octanol–water partition coefficient (Wildman–Crippen LogP) is 11.2. The van der Waals surface area contributed by atoms with Crippen LogP contribution in [-0.2, 0) is 9.13 Å². The Balaban J connectivity index is 1.40. The Labute approximate surface area is 316 Å². The van der Waals surface area contributed by atoms with E-state index in [-0.39, 0.29) is 5.66 Å². The SMILES string of the molecule is O=P(c1ccccc1)(c1ccccc1)c1ccc2c(-c3ccccc3)c3cc([P@@](=O)(c4ccccc4)C4C=CC=CC4)ccc3c(-c3ccccc3)c2c1. The van der Waals surface area contributed by atoms with Crippen molar-refractivity contribution in [2.24, 2.45) is 0 Å². The van der Waals surface area contributed by atoms with Crippen LogP contribution in [-0.4, -0.2) is 5.66 Å². The zero-order valence-corrected chi connectivity index (χ0v) is 31.5. The van der Waals surface area contributed by atoms with Crippen molar-refractivity contribution in [3.63, 3.8) is 0 Å². The van der Waals surface area contributed by atoms with Gasteiger partial charge in [-0.3, -0.25) is 0 Å². The monoisotopic (exact) mass is 732 g/mol. The van der Waals surface area contributed by atoms with Gasteiger partial charge in [0.15, 0.2) is 7.14 Å². The molecule has 8 aromatic rings. The predicted molar refractivity (Wildman–Crippen MR) is 232 cm³/mol. The Bertz CT molecular complexity index is 2730. The lowest BCUT2D eigenvalue weighted by atomic mass is 9.86. The fraction of sp³-hybridized carbons (Fsp3) is 0.0400. The lowest BCUT2D eigenvalue weighted by Gasteiger charge is -2.28. The third-order valence-corrected chi connectivity index (χ3v) is 17.2. The van der Waals surface area contributed by atoms with Gasteiger partial charge in [-0.1, -0.05) is 200 Å². The molecule has 0 aliphatic heterocycles. The highest BCUT2D eigenvalue weighted by Crippen LogP contribution is 2.53. The van der Waals surface area contributed by atoms with Gasteiger partial charge in [-0.15, -0.1) is 0 Å². The Hall–Kier alpha value is -5.78. The van der Waals surface area contributed by atoms with E-state index in [1.807, 2.05) is 115 Å². The minimum atomic E-state index is -3.27. The van der Waals surface area contributed by atoms with Crippen LogP contribution in [0.4, 0.5) is 0 Å². The highest BCUT2D eigenvalue weighted by atomic mass is 31.2. The van der Waals surface area contributed by atoms with Crippen LogP contribution in [0.25, 0.3) is 43.8 Å². The molecule has 54 heavy (non-hydrogen) atoms. The number of hydrogen-bond donors (Lipinski definition) is 0. The van der Waals surface area contributed by atoms with Crippen LogP contribution < -0.4 is 26.5 Å². The fourth-order valence-corrected chi connectivity index (χ4v) is 13.9. The first-order chi connectivity index (χ1) is 26.6. The second-order valence-corrected chi connectivity index (χ2v) is 19.6. The van der Waals surface area contributed by atoms with Crippen LogP contribution >= 0.6 is 14.3 Å². The quantitative estimate of drug-likeness (QED) is 0.115. The molecule has 2 nitrogen and oxygen atoms in total. The van der Waals surface area contributed by atoms with Crippen molar-refractivity contribution in [3.05, 3.63) is 212 Å². The summed E-state index contributed by atoms with van der Waals surface area (Å²) >= 11 is 0. The molecule has 1 aliphatic rings. The molecule has 0 aromatic heterocycles. The Morgan fingerprint density at radius 1 is 0.389 bits per heavy atom. The van der Waals surface area contributed by atoms with E-state index in [4.69, 9.17) is 0 Å². The maximum Gasteiger partial charge on any atom is 0.171 e. The highest BCUT2D eigenvalue weighted by Gasteiger charge is 2.36. The summed E-state index contributed by atoms with van der Waals surface area (Å²) < 4.78 is 31.5. The lowest BCUT2D eigenvalue weighted by Crippen LogP contribution is -2.25. The molecule has 0 spiro atoms. The zero-order valence-electron chi connectivity index (χ0n) is 29.7. The van der Waals surface area contributed by atoms with Crippen molar-refractivity contribution < 1.29 is 9.13 Å². The first kappa shape index (κ1) is 34.0. The smallest absolute Gasteiger partial charge is 0.171 e. The van der Waals surface area contributed by atoms with Crippen molar-refractivity contribution in [2.75, 3.05) is 0 Å². The summed E-state index contributed by atoms with van der Waals surface area (Å²) in [6.07, 6.45) is 9.03. The van der Waals surface area contributed by atoms with Crippen molar-refractivity contribution in [3.8, 4) is 22.3 Å². The van der Waals surface area contributed by atoms with Crippen molar-refractivity contribution in [2.45, 2.75) is 12.1 Å². The summed E-state index contributed by atoms with van der Waals surface area (Å²) in [5.74, 6) is 0. The summed E-state index contributed by atoms with van der Waals surface area (Å²) in [5.41, 5.74) is 4.13. The molecule has 0 N–H and O–H groups in total. The summed E-state index contributed by atoms with van der Waals surface area (Å²) in [7, 11) is -6.40. The number of rotatable bonds is 8. The standard InChI is InChI=1S/C50H38O2P2/c51-53(39-23-11-3-12-24-39,40-25-13-4-14-26-40)43-32-34-46-47(35-43)49(37-19-7-1-8-20-37)45-33-31-44(36-48(45)50(46)38-21-9-2-10-22-38)54(52,41-27-15-5-16-28-41)42-29-17-6-18-30-42/h1-29,31-36,42H,30H2/t42?,54-/m1/s1. The molecule has 8 aromatic carbocycles. The second-order valence-electron chi connectivity index (χ2n) is 13.8. The number of benzene rings is 8. The number of fused-ring (bicyclic) bond motifs is 2. The largest absolute Gasteiger partial charge is 0.313 e. The van der Waals surface area contributed by atoms with Gasteiger partial charge < -0.3 is 9.13 Å². The van der Waals surface area contributed by atoms with E-state index in [1.54, 1.807) is 0 Å². The molecule has 4 heteroatoms. The molecular formula is C50H38O2P2. The topological polar surface area (TPSA) is 34.1 Å². The molecule has 9 rings (SSSR count). The molecule has 260 valence electrons. The van der Waals surface area contributed by atoms with E-state index in [1.165, 1.54) is 0 Å². The molecule has 0 saturated carbocycles. The third-order valence-electron chi connectivity index (χ3n) is 10.8. The molecule has 0 saturated heterocycles. The molecule has 0 heterocycles. The number of hydrogen-bond acceptors (Lipinski definition) is 2. The zero-order chi connectivity index (χ0) is 36.5. The van der Waals surface area contributed by atoms with Gasteiger partial charge in [0.2, 0.25) is 0 Å². The van der Waals surface area contributed by atoms with Crippen LogP contribution in [0.5, 0.6) is 0 Å². The van der Waals surface area contributed by atoms with Gasteiger partial charge in [-0.05, 0) is 62.4 Å². The van der Waals surface area contributed by atoms with Crippen LogP contribution in [0.2, 0.25) is 0 Å². The van der Waals surface area contributed by atoms with E-state index in [9.17, 15) is 0 Å². The van der Waals surface area contributed by atoms with Gasteiger partial charge in [0.1, 0.15) is 7.14 Å². The molecule has 0 fully saturated rings. The van der Waals surface area contributed by atoms with Gasteiger partial charge in [0.25, 0.3) is 0 Å². The van der Waals surface area contributed by atoms with Crippen LogP contribution in [0.1, 0.15) is 6.42 Å². The normalized spacial score (nSPS) is 15.3. The van der Waals surface area contributed by atoms with Gasteiger partial charge in [-0.25, -0.2) is 0 Å². The van der Waals surface area contributed by atoms with Crippen LogP contribution in [0.3, 0.4) is 0 Å². The van der Waals surface area contributed by atoms with Gasteiger partial charge >= 0.3 is 0 Å². The molecule has 2 atom stereocenters. The Kier molecular flexibility index (Phi) is 8.96. The first-order valence-corrected chi connectivity index (χ1v) is 21.9. The van der Waals surface area contributed by atoms with E-state index in [0.717, 1.165) is 70.3 Å². The van der Waals surface area contributed by atoms with E-state index >= 15 is 9.13 Å². The average Bonchev–Trinajstić information content (AvgIpc) is 3.26. The van der Waals surface area contributed by atoms with Crippen molar-refractivity contribution >= 4 is 62.4 Å². The number of allylic oxidation sites excluding steroid dienone is 4. The van der Waals surface area contributed by atoms with Crippen molar-refractivity contribution in [1.29, 1.82) is 0 Å². The molecule has 1 aliphatic carbocycles. The van der Waals surface area contributed by atoms with Gasteiger partial charge in [0.05, 0.1) is 0 Å². The second kappa shape index (κ2) is 14.2. The van der Waals surface area contributed by atoms with Gasteiger partial charge in [0, 0.05) is 32.2 Å². The van der Waals surface area contributed by atoms with E-state index in [0.29, 0.717) is 6.42 Å². The van der Waals surface area contributed by atoms with Crippen LogP contribution in [0.15, 0.2) is 212 Å². The van der Waals surface area contributed by atoms with Crippen molar-refractivity contribution in [1.82, 2.24) is 0 Å². The minimum Gasteiger partial charge on any atom is -0.313 e.